The van der Waals surface area contributed by atoms with Gasteiger partial charge < -0.3 is 0 Å². The molecule has 29 heavy (non-hydrogen) atoms. The standard InChI is InChI=1S/C15H17N.C13H12/c1-16(12-14-8-4-2-5-9-14)13-15-10-6-3-7-11-15;1-3-7-12(8-4-1)11-13-9-5-2-6-10-13/h2-11H,12-13H2,1H3;1-10H,11H2. The van der Waals surface area contributed by atoms with Gasteiger partial charge in [-0.15, -0.1) is 0 Å². The average Bonchev–Trinajstić information content (AvgIpc) is 2.77. The van der Waals surface area contributed by atoms with Crippen molar-refractivity contribution < 1.29 is 0 Å². The number of hydrogen-bond acceptors (Lipinski definition) is 1. The van der Waals surface area contributed by atoms with Crippen molar-refractivity contribution in [1.82, 2.24) is 4.90 Å². The molecule has 4 rings (SSSR count). The van der Waals surface area contributed by atoms with Crippen molar-refractivity contribution in [2.75, 3.05) is 7.05 Å². The van der Waals surface area contributed by atoms with E-state index in [4.69, 9.17) is 0 Å². The number of benzene rings is 4. The summed E-state index contributed by atoms with van der Waals surface area (Å²) in [6.45, 7) is 1.99. The Balaban J connectivity index is 0.000000169. The lowest BCUT2D eigenvalue weighted by Crippen LogP contribution is -2.16. The Morgan fingerprint density at radius 2 is 0.690 bits per heavy atom. The number of hydrogen-bond donors (Lipinski definition) is 0. The molecular formula is C28H29N. The third-order valence-electron chi connectivity index (χ3n) is 4.68. The summed E-state index contributed by atoms with van der Waals surface area (Å²) in [5.41, 5.74) is 5.46. The van der Waals surface area contributed by atoms with Crippen molar-refractivity contribution in [3.05, 3.63) is 144 Å². The van der Waals surface area contributed by atoms with E-state index in [2.05, 4.69) is 133 Å². The molecule has 0 aliphatic heterocycles. The number of nitrogens with zero attached hydrogens (tertiary/aromatic N) is 1. The van der Waals surface area contributed by atoms with E-state index in [9.17, 15) is 0 Å². The Morgan fingerprint density at radius 3 is 1.00 bits per heavy atom. The Kier molecular flexibility index (Phi) is 8.25. The molecule has 0 atom stereocenters. The quantitative estimate of drug-likeness (QED) is 0.365. The summed E-state index contributed by atoms with van der Waals surface area (Å²) >= 11 is 0. The molecule has 4 aromatic rings. The lowest BCUT2D eigenvalue weighted by molar-refractivity contribution is 0.319. The number of rotatable bonds is 6. The minimum Gasteiger partial charge on any atom is -0.298 e. The predicted molar refractivity (Wildman–Crippen MR) is 124 cm³/mol. The minimum absolute atomic E-state index is 0.996. The van der Waals surface area contributed by atoms with E-state index in [1.165, 1.54) is 22.3 Å². The van der Waals surface area contributed by atoms with Crippen molar-refractivity contribution in [3.8, 4) is 0 Å². The van der Waals surface area contributed by atoms with E-state index >= 15 is 0 Å². The summed E-state index contributed by atoms with van der Waals surface area (Å²) in [5.74, 6) is 0. The zero-order valence-electron chi connectivity index (χ0n) is 17.1. The van der Waals surface area contributed by atoms with E-state index in [1.807, 2.05) is 0 Å². The molecule has 0 saturated heterocycles. The molecule has 0 N–H and O–H groups in total. The van der Waals surface area contributed by atoms with Gasteiger partial charge in [0.15, 0.2) is 0 Å². The first-order valence-electron chi connectivity index (χ1n) is 10.1. The highest BCUT2D eigenvalue weighted by atomic mass is 15.1. The van der Waals surface area contributed by atoms with Crippen LogP contribution in [0.3, 0.4) is 0 Å². The molecule has 0 bridgehead atoms. The average molecular weight is 380 g/mol. The zero-order valence-corrected chi connectivity index (χ0v) is 17.1. The summed E-state index contributed by atoms with van der Waals surface area (Å²) in [6, 6.07) is 42.2. The van der Waals surface area contributed by atoms with Crippen LogP contribution in [-0.4, -0.2) is 11.9 Å². The van der Waals surface area contributed by atoms with Crippen LogP contribution in [0, 0.1) is 0 Å². The van der Waals surface area contributed by atoms with Crippen molar-refractivity contribution in [1.29, 1.82) is 0 Å². The van der Waals surface area contributed by atoms with Gasteiger partial charge in [0.1, 0.15) is 0 Å². The van der Waals surface area contributed by atoms with Crippen LogP contribution in [0.5, 0.6) is 0 Å². The molecule has 4 aromatic carbocycles. The Morgan fingerprint density at radius 1 is 0.414 bits per heavy atom. The molecule has 146 valence electrons. The molecule has 0 spiro atoms. The molecule has 1 nitrogen and oxygen atoms in total. The molecule has 0 unspecified atom stereocenters. The largest absolute Gasteiger partial charge is 0.298 e. The second-order valence-corrected chi connectivity index (χ2v) is 7.29. The smallest absolute Gasteiger partial charge is 0.0234 e. The van der Waals surface area contributed by atoms with E-state index < -0.39 is 0 Å². The molecule has 0 amide bonds. The van der Waals surface area contributed by atoms with E-state index in [0.29, 0.717) is 0 Å². The molecule has 0 aliphatic rings. The Bertz CT molecular complexity index is 840. The zero-order chi connectivity index (χ0) is 20.2. The predicted octanol–water partition coefficient (Wildman–Crippen LogP) is 6.60. The van der Waals surface area contributed by atoms with Crippen molar-refractivity contribution in [2.45, 2.75) is 19.5 Å². The highest BCUT2D eigenvalue weighted by Crippen LogP contribution is 2.08. The van der Waals surface area contributed by atoms with Gasteiger partial charge in [-0.05, 0) is 35.7 Å². The highest BCUT2D eigenvalue weighted by Gasteiger charge is 2.00. The summed E-state index contributed by atoms with van der Waals surface area (Å²) < 4.78 is 0. The summed E-state index contributed by atoms with van der Waals surface area (Å²) in [4.78, 5) is 2.32. The Hall–Kier alpha value is -3.16. The molecule has 1 heteroatoms. The minimum atomic E-state index is 0.996. The maximum atomic E-state index is 2.32. The van der Waals surface area contributed by atoms with Crippen LogP contribution in [0.25, 0.3) is 0 Å². The van der Waals surface area contributed by atoms with Gasteiger partial charge in [-0.25, -0.2) is 0 Å². The van der Waals surface area contributed by atoms with Crippen molar-refractivity contribution in [2.24, 2.45) is 0 Å². The van der Waals surface area contributed by atoms with Gasteiger partial charge in [0.25, 0.3) is 0 Å². The normalized spacial score (nSPS) is 10.3. The van der Waals surface area contributed by atoms with Crippen LogP contribution in [0.1, 0.15) is 22.3 Å². The fourth-order valence-corrected chi connectivity index (χ4v) is 3.27. The molecule has 0 heterocycles. The van der Waals surface area contributed by atoms with Crippen molar-refractivity contribution in [3.63, 3.8) is 0 Å². The lowest BCUT2D eigenvalue weighted by Gasteiger charge is -2.16. The molecule has 0 saturated carbocycles. The molecule has 0 aromatic heterocycles. The topological polar surface area (TPSA) is 3.24 Å². The SMILES string of the molecule is CN(Cc1ccccc1)Cc1ccccc1.c1ccc(Cc2ccccc2)cc1. The fourth-order valence-electron chi connectivity index (χ4n) is 3.27. The molecular weight excluding hydrogens is 350 g/mol. The Labute approximate surface area is 175 Å². The molecule has 0 aliphatic carbocycles. The first-order valence-corrected chi connectivity index (χ1v) is 10.1. The lowest BCUT2D eigenvalue weighted by atomic mass is 10.1. The summed E-state index contributed by atoms with van der Waals surface area (Å²) in [5, 5.41) is 0. The van der Waals surface area contributed by atoms with Crippen LogP contribution < -0.4 is 0 Å². The van der Waals surface area contributed by atoms with Crippen LogP contribution in [0.15, 0.2) is 121 Å². The fraction of sp³-hybridized carbons (Fsp3) is 0.143. The van der Waals surface area contributed by atoms with Gasteiger partial charge >= 0.3 is 0 Å². The monoisotopic (exact) mass is 379 g/mol. The van der Waals surface area contributed by atoms with Gasteiger partial charge in [-0.3, -0.25) is 4.90 Å². The first kappa shape index (κ1) is 20.6. The van der Waals surface area contributed by atoms with Crippen LogP contribution >= 0.6 is 0 Å². The maximum absolute atomic E-state index is 2.32. The summed E-state index contributed by atoms with van der Waals surface area (Å²) in [6.07, 6.45) is 1.03. The first-order chi connectivity index (χ1) is 14.3. The highest BCUT2D eigenvalue weighted by molar-refractivity contribution is 5.25. The van der Waals surface area contributed by atoms with Crippen LogP contribution in [0.2, 0.25) is 0 Å². The molecule has 0 fully saturated rings. The van der Waals surface area contributed by atoms with E-state index in [1.54, 1.807) is 0 Å². The van der Waals surface area contributed by atoms with Gasteiger partial charge in [0, 0.05) is 13.1 Å². The van der Waals surface area contributed by atoms with Gasteiger partial charge in [0.2, 0.25) is 0 Å². The van der Waals surface area contributed by atoms with E-state index in [-0.39, 0.29) is 0 Å². The van der Waals surface area contributed by atoms with Crippen LogP contribution in [-0.2, 0) is 19.5 Å². The van der Waals surface area contributed by atoms with E-state index in [0.717, 1.165) is 19.5 Å². The van der Waals surface area contributed by atoms with Gasteiger partial charge in [-0.2, -0.15) is 0 Å². The third-order valence-corrected chi connectivity index (χ3v) is 4.68. The maximum Gasteiger partial charge on any atom is 0.0234 e. The molecule has 0 radical (unpaired) electrons. The third kappa shape index (κ3) is 7.77. The summed E-state index contributed by atoms with van der Waals surface area (Å²) in [7, 11) is 2.15. The second-order valence-electron chi connectivity index (χ2n) is 7.29. The van der Waals surface area contributed by atoms with Crippen molar-refractivity contribution >= 4 is 0 Å². The van der Waals surface area contributed by atoms with Gasteiger partial charge in [0.05, 0.1) is 0 Å². The second kappa shape index (κ2) is 11.6. The van der Waals surface area contributed by atoms with Crippen LogP contribution in [0.4, 0.5) is 0 Å². The van der Waals surface area contributed by atoms with Gasteiger partial charge in [-0.1, -0.05) is 121 Å².